The minimum atomic E-state index is -0.814. The van der Waals surface area contributed by atoms with Gasteiger partial charge in [0.1, 0.15) is 22.8 Å². The molecule has 0 saturated carbocycles. The van der Waals surface area contributed by atoms with Gasteiger partial charge in [-0.3, -0.25) is 4.79 Å². The van der Waals surface area contributed by atoms with Gasteiger partial charge in [-0.05, 0) is 75.4 Å². The number of ether oxygens (including phenoxy) is 4. The summed E-state index contributed by atoms with van der Waals surface area (Å²) in [6.07, 6.45) is 2.15. The third-order valence-electron chi connectivity index (χ3n) is 6.84. The van der Waals surface area contributed by atoms with Crippen molar-refractivity contribution < 1.29 is 28.8 Å². The summed E-state index contributed by atoms with van der Waals surface area (Å²) in [6, 6.07) is 13.8. The molecule has 33 heavy (non-hydrogen) atoms. The second-order valence-corrected chi connectivity index (χ2v) is 9.53. The molecule has 0 amide bonds. The Morgan fingerprint density at radius 3 is 2.73 bits per heavy atom. The fraction of sp³-hybridized carbons (Fsp3) is 0.519. The van der Waals surface area contributed by atoms with Crippen LogP contribution < -0.4 is 14.2 Å². The van der Waals surface area contributed by atoms with E-state index in [-0.39, 0.29) is 12.0 Å². The molecule has 0 aromatic heterocycles. The number of hydrogen-bond acceptors (Lipinski definition) is 5. The second-order valence-electron chi connectivity index (χ2n) is 9.53. The van der Waals surface area contributed by atoms with E-state index in [1.54, 1.807) is 7.11 Å². The molecule has 2 aromatic rings. The second kappa shape index (κ2) is 9.64. The van der Waals surface area contributed by atoms with E-state index >= 15 is 0 Å². The summed E-state index contributed by atoms with van der Waals surface area (Å²) in [5, 5.41) is 10.0. The Kier molecular flexibility index (Phi) is 6.84. The van der Waals surface area contributed by atoms with Crippen molar-refractivity contribution in [1.29, 1.82) is 0 Å². The SMILES string of the molecule is CCCOc1ccc2c(c1)[C@H]1O[C@@H](CCc3cccc(OC)c3)[C@H](C(=O)O)C[C@@H]1C(C)(C)O2. The molecule has 0 bridgehead atoms. The Morgan fingerprint density at radius 2 is 2.00 bits per heavy atom. The molecule has 0 radical (unpaired) electrons. The number of carboxylic acids is 1. The highest BCUT2D eigenvalue weighted by Crippen LogP contribution is 2.53. The summed E-state index contributed by atoms with van der Waals surface area (Å²) in [6.45, 7) is 6.76. The van der Waals surface area contributed by atoms with Gasteiger partial charge in [0.25, 0.3) is 0 Å². The van der Waals surface area contributed by atoms with Crippen LogP contribution in [0.5, 0.6) is 17.2 Å². The number of carbonyl (C=O) groups is 1. The van der Waals surface area contributed by atoms with Crippen LogP contribution in [0.15, 0.2) is 42.5 Å². The zero-order valence-corrected chi connectivity index (χ0v) is 19.9. The van der Waals surface area contributed by atoms with E-state index in [2.05, 4.69) is 6.92 Å². The molecule has 2 aromatic carbocycles. The van der Waals surface area contributed by atoms with Gasteiger partial charge in [0, 0.05) is 11.5 Å². The molecule has 1 N–H and O–H groups in total. The van der Waals surface area contributed by atoms with Crippen LogP contribution in [0.1, 0.15) is 57.3 Å². The van der Waals surface area contributed by atoms with Crippen molar-refractivity contribution in [2.45, 2.75) is 64.3 Å². The van der Waals surface area contributed by atoms with Gasteiger partial charge >= 0.3 is 5.97 Å². The molecule has 178 valence electrons. The average Bonchev–Trinajstić information content (AvgIpc) is 2.81. The number of rotatable bonds is 8. The maximum absolute atomic E-state index is 12.2. The van der Waals surface area contributed by atoms with Crippen LogP contribution in [0.2, 0.25) is 0 Å². The van der Waals surface area contributed by atoms with Gasteiger partial charge in [-0.25, -0.2) is 0 Å². The predicted octanol–water partition coefficient (Wildman–Crippen LogP) is 5.43. The van der Waals surface area contributed by atoms with Crippen molar-refractivity contribution in [2.24, 2.45) is 11.8 Å². The molecular formula is C27H34O6. The molecular weight excluding hydrogens is 420 g/mol. The Labute approximate surface area is 195 Å². The van der Waals surface area contributed by atoms with Crippen molar-refractivity contribution in [2.75, 3.05) is 13.7 Å². The highest BCUT2D eigenvalue weighted by molar-refractivity contribution is 5.71. The zero-order chi connectivity index (χ0) is 23.6. The molecule has 4 atom stereocenters. The highest BCUT2D eigenvalue weighted by atomic mass is 16.5. The van der Waals surface area contributed by atoms with Crippen molar-refractivity contribution in [3.05, 3.63) is 53.6 Å². The molecule has 0 spiro atoms. The molecule has 1 fully saturated rings. The lowest BCUT2D eigenvalue weighted by atomic mass is 9.71. The van der Waals surface area contributed by atoms with E-state index in [9.17, 15) is 9.90 Å². The van der Waals surface area contributed by atoms with Crippen LogP contribution in [-0.2, 0) is 16.0 Å². The smallest absolute Gasteiger partial charge is 0.309 e. The minimum absolute atomic E-state index is 0.0689. The molecule has 4 rings (SSSR count). The first kappa shape index (κ1) is 23.4. The van der Waals surface area contributed by atoms with Gasteiger partial charge in [-0.15, -0.1) is 0 Å². The minimum Gasteiger partial charge on any atom is -0.497 e. The summed E-state index contributed by atoms with van der Waals surface area (Å²) in [7, 11) is 1.65. The maximum Gasteiger partial charge on any atom is 0.309 e. The third kappa shape index (κ3) is 4.96. The number of methoxy groups -OCH3 is 1. The van der Waals surface area contributed by atoms with Gasteiger partial charge in [0.2, 0.25) is 0 Å². The lowest BCUT2D eigenvalue weighted by Gasteiger charge is -2.50. The van der Waals surface area contributed by atoms with E-state index in [1.165, 1.54) is 0 Å². The van der Waals surface area contributed by atoms with Crippen LogP contribution in [-0.4, -0.2) is 36.5 Å². The molecule has 0 unspecified atom stereocenters. The van der Waals surface area contributed by atoms with Gasteiger partial charge in [0.05, 0.1) is 31.8 Å². The molecule has 1 saturated heterocycles. The number of aryl methyl sites for hydroxylation is 1. The normalized spacial score (nSPS) is 25.3. The first-order valence-electron chi connectivity index (χ1n) is 11.8. The van der Waals surface area contributed by atoms with Crippen molar-refractivity contribution in [3.8, 4) is 17.2 Å². The molecule has 2 heterocycles. The number of hydrogen-bond donors (Lipinski definition) is 1. The van der Waals surface area contributed by atoms with Crippen LogP contribution >= 0.6 is 0 Å². The van der Waals surface area contributed by atoms with E-state index in [4.69, 9.17) is 18.9 Å². The van der Waals surface area contributed by atoms with E-state index in [1.807, 2.05) is 56.3 Å². The highest BCUT2D eigenvalue weighted by Gasteiger charge is 2.52. The van der Waals surface area contributed by atoms with Gasteiger partial charge < -0.3 is 24.1 Å². The van der Waals surface area contributed by atoms with E-state index in [0.29, 0.717) is 19.4 Å². The van der Waals surface area contributed by atoms with Crippen LogP contribution in [0.4, 0.5) is 0 Å². The summed E-state index contributed by atoms with van der Waals surface area (Å²) in [4.78, 5) is 12.2. The number of fused-ring (bicyclic) bond motifs is 3. The lowest BCUT2D eigenvalue weighted by molar-refractivity contribution is -0.188. The lowest BCUT2D eigenvalue weighted by Crippen LogP contribution is -2.52. The fourth-order valence-corrected chi connectivity index (χ4v) is 5.04. The van der Waals surface area contributed by atoms with Gasteiger partial charge in [-0.1, -0.05) is 19.1 Å². The largest absolute Gasteiger partial charge is 0.497 e. The summed E-state index contributed by atoms with van der Waals surface area (Å²) < 4.78 is 24.1. The Balaban J connectivity index is 1.60. The van der Waals surface area contributed by atoms with Crippen molar-refractivity contribution in [1.82, 2.24) is 0 Å². The van der Waals surface area contributed by atoms with E-state index < -0.39 is 23.6 Å². The summed E-state index contributed by atoms with van der Waals surface area (Å²) in [5.74, 6) is 0.902. The Morgan fingerprint density at radius 1 is 1.18 bits per heavy atom. The first-order valence-corrected chi connectivity index (χ1v) is 11.8. The molecule has 2 aliphatic heterocycles. The molecule has 2 aliphatic rings. The van der Waals surface area contributed by atoms with E-state index in [0.717, 1.165) is 41.2 Å². The number of aliphatic carboxylic acids is 1. The fourth-order valence-electron chi connectivity index (χ4n) is 5.04. The standard InChI is InChI=1S/C27H34O6/c1-5-13-31-19-10-12-24-20(15-19)25-22(27(2,3)33-24)16-21(26(28)29)23(32-25)11-9-17-7-6-8-18(14-17)30-4/h6-8,10,12,14-15,21-23,25H,5,9,11,13,16H2,1-4H3,(H,28,29)/t21-,22+,23+,25-/m1/s1. The van der Waals surface area contributed by atoms with Crippen LogP contribution in [0.3, 0.4) is 0 Å². The third-order valence-corrected chi connectivity index (χ3v) is 6.84. The van der Waals surface area contributed by atoms with Gasteiger partial charge in [0.15, 0.2) is 0 Å². The molecule has 0 aliphatic carbocycles. The molecule has 6 heteroatoms. The van der Waals surface area contributed by atoms with Crippen LogP contribution in [0.25, 0.3) is 0 Å². The van der Waals surface area contributed by atoms with Crippen molar-refractivity contribution in [3.63, 3.8) is 0 Å². The maximum atomic E-state index is 12.2. The number of carboxylic acid groups (broad SMARTS) is 1. The number of benzene rings is 2. The monoisotopic (exact) mass is 454 g/mol. The quantitative estimate of drug-likeness (QED) is 0.573. The van der Waals surface area contributed by atoms with Gasteiger partial charge in [-0.2, -0.15) is 0 Å². The van der Waals surface area contributed by atoms with Crippen molar-refractivity contribution >= 4 is 5.97 Å². The van der Waals surface area contributed by atoms with Crippen LogP contribution in [0, 0.1) is 11.8 Å². The summed E-state index contributed by atoms with van der Waals surface area (Å²) in [5.41, 5.74) is 1.52. The topological polar surface area (TPSA) is 74.2 Å². The predicted molar refractivity (Wildman–Crippen MR) is 125 cm³/mol. The Bertz CT molecular complexity index is 984. The average molecular weight is 455 g/mol. The summed E-state index contributed by atoms with van der Waals surface area (Å²) >= 11 is 0. The first-order chi connectivity index (χ1) is 15.8. The zero-order valence-electron chi connectivity index (χ0n) is 19.9. The molecule has 6 nitrogen and oxygen atoms in total. The Hall–Kier alpha value is -2.73.